The van der Waals surface area contributed by atoms with Crippen LogP contribution in [0.25, 0.3) is 0 Å². The summed E-state index contributed by atoms with van der Waals surface area (Å²) in [5, 5.41) is 21.4. The molecule has 0 aliphatic rings. The standard InChI is InChI=1S/C11H10ClF3N2O3/c12-7-1-3-8(4-2-7)17-16-6-10(20,5-9(18)19)11(13,14)15/h1-4,6,17,20H,5H2,(H,18,19)/b16-6+. The Morgan fingerprint density at radius 2 is 1.90 bits per heavy atom. The van der Waals surface area contributed by atoms with E-state index >= 15 is 0 Å². The van der Waals surface area contributed by atoms with Crippen LogP contribution in [0.2, 0.25) is 5.02 Å². The predicted octanol–water partition coefficient (Wildman–Crippen LogP) is 2.51. The second kappa shape index (κ2) is 6.10. The van der Waals surface area contributed by atoms with Crippen molar-refractivity contribution in [2.45, 2.75) is 18.2 Å². The van der Waals surface area contributed by atoms with Crippen LogP contribution in [0.15, 0.2) is 29.4 Å². The molecule has 0 amide bonds. The van der Waals surface area contributed by atoms with Crippen LogP contribution in [0, 0.1) is 0 Å². The molecule has 1 unspecified atom stereocenters. The van der Waals surface area contributed by atoms with Crippen LogP contribution in [0.3, 0.4) is 0 Å². The van der Waals surface area contributed by atoms with Gasteiger partial charge in [0.25, 0.3) is 0 Å². The highest BCUT2D eigenvalue weighted by Gasteiger charge is 2.54. The summed E-state index contributed by atoms with van der Waals surface area (Å²) in [5.41, 5.74) is -0.988. The minimum atomic E-state index is -5.16. The quantitative estimate of drug-likeness (QED) is 0.576. The Hall–Kier alpha value is -1.80. The van der Waals surface area contributed by atoms with E-state index in [2.05, 4.69) is 10.5 Å². The number of alkyl halides is 3. The lowest BCUT2D eigenvalue weighted by Crippen LogP contribution is -2.48. The van der Waals surface area contributed by atoms with E-state index in [0.29, 0.717) is 10.7 Å². The number of carbonyl (C=O) groups is 1. The van der Waals surface area contributed by atoms with Gasteiger partial charge in [-0.2, -0.15) is 18.3 Å². The number of hydrogen-bond donors (Lipinski definition) is 3. The fraction of sp³-hybridized carbons (Fsp3) is 0.273. The van der Waals surface area contributed by atoms with Gasteiger partial charge in [-0.3, -0.25) is 10.2 Å². The Bertz CT molecular complexity index is 505. The number of aliphatic carboxylic acids is 1. The Kier molecular flexibility index (Phi) is 4.96. The molecule has 0 aromatic heterocycles. The van der Waals surface area contributed by atoms with Gasteiger partial charge in [-0.1, -0.05) is 11.6 Å². The van der Waals surface area contributed by atoms with E-state index in [1.54, 1.807) is 0 Å². The van der Waals surface area contributed by atoms with Gasteiger partial charge in [-0.05, 0) is 24.3 Å². The Balaban J connectivity index is 2.82. The third-order valence-electron chi connectivity index (χ3n) is 2.23. The number of anilines is 1. The van der Waals surface area contributed by atoms with Gasteiger partial charge in [0.15, 0.2) is 0 Å². The number of nitrogens with one attached hydrogen (secondary N) is 1. The average Bonchev–Trinajstić information content (AvgIpc) is 2.29. The average molecular weight is 311 g/mol. The van der Waals surface area contributed by atoms with Crippen LogP contribution in [-0.4, -0.2) is 34.2 Å². The number of rotatable bonds is 5. The molecule has 1 rings (SSSR count). The minimum Gasteiger partial charge on any atom is -0.481 e. The van der Waals surface area contributed by atoms with Gasteiger partial charge in [0.1, 0.15) is 0 Å². The molecule has 3 N–H and O–H groups in total. The molecule has 0 aliphatic carbocycles. The zero-order valence-electron chi connectivity index (χ0n) is 9.86. The zero-order valence-corrected chi connectivity index (χ0v) is 10.6. The van der Waals surface area contributed by atoms with E-state index < -0.39 is 24.2 Å². The molecule has 0 bridgehead atoms. The molecule has 0 radical (unpaired) electrons. The molecule has 0 fully saturated rings. The van der Waals surface area contributed by atoms with Crippen molar-refractivity contribution in [1.29, 1.82) is 0 Å². The molecule has 0 spiro atoms. The zero-order chi connectivity index (χ0) is 15.4. The van der Waals surface area contributed by atoms with Gasteiger partial charge >= 0.3 is 12.1 Å². The first-order chi connectivity index (χ1) is 9.14. The molecule has 9 heteroatoms. The van der Waals surface area contributed by atoms with Crippen molar-refractivity contribution in [1.82, 2.24) is 0 Å². The summed E-state index contributed by atoms with van der Waals surface area (Å²) in [7, 11) is 0. The van der Waals surface area contributed by atoms with Crippen LogP contribution < -0.4 is 5.43 Å². The number of hydrazone groups is 1. The maximum absolute atomic E-state index is 12.6. The van der Waals surface area contributed by atoms with Crippen LogP contribution in [0.4, 0.5) is 18.9 Å². The number of aliphatic hydroxyl groups is 1. The summed E-state index contributed by atoms with van der Waals surface area (Å²) >= 11 is 5.62. The van der Waals surface area contributed by atoms with E-state index in [-0.39, 0.29) is 6.21 Å². The first-order valence-corrected chi connectivity index (χ1v) is 5.58. The molecule has 20 heavy (non-hydrogen) atoms. The minimum absolute atomic E-state index is 0.107. The summed E-state index contributed by atoms with van der Waals surface area (Å²) in [5.74, 6) is -1.80. The third kappa shape index (κ3) is 4.39. The lowest BCUT2D eigenvalue weighted by molar-refractivity contribution is -0.232. The van der Waals surface area contributed by atoms with Gasteiger partial charge in [-0.25, -0.2) is 0 Å². The number of carboxylic acid groups (broad SMARTS) is 1. The highest BCUT2D eigenvalue weighted by molar-refractivity contribution is 6.30. The Morgan fingerprint density at radius 1 is 1.35 bits per heavy atom. The molecule has 1 aromatic rings. The SMILES string of the molecule is O=C(O)CC(O)(/C=N/Nc1ccc(Cl)cc1)C(F)(F)F. The number of hydrogen-bond acceptors (Lipinski definition) is 4. The molecule has 0 saturated heterocycles. The molecular weight excluding hydrogens is 301 g/mol. The van der Waals surface area contributed by atoms with Crippen LogP contribution in [0.5, 0.6) is 0 Å². The lowest BCUT2D eigenvalue weighted by atomic mass is 10.0. The van der Waals surface area contributed by atoms with E-state index in [0.717, 1.165) is 0 Å². The molecule has 1 atom stereocenters. The third-order valence-corrected chi connectivity index (χ3v) is 2.48. The van der Waals surface area contributed by atoms with Crippen LogP contribution in [0.1, 0.15) is 6.42 Å². The smallest absolute Gasteiger partial charge is 0.423 e. The van der Waals surface area contributed by atoms with E-state index in [4.69, 9.17) is 16.7 Å². The van der Waals surface area contributed by atoms with Gasteiger partial charge in [-0.15, -0.1) is 0 Å². The van der Waals surface area contributed by atoms with Crippen molar-refractivity contribution in [3.63, 3.8) is 0 Å². The van der Waals surface area contributed by atoms with Crippen molar-refractivity contribution >= 4 is 29.5 Å². The highest BCUT2D eigenvalue weighted by atomic mass is 35.5. The topological polar surface area (TPSA) is 81.9 Å². The van der Waals surface area contributed by atoms with E-state index in [9.17, 15) is 23.1 Å². The molecule has 5 nitrogen and oxygen atoms in total. The largest absolute Gasteiger partial charge is 0.481 e. The lowest BCUT2D eigenvalue weighted by Gasteiger charge is -2.24. The summed E-state index contributed by atoms with van der Waals surface area (Å²) in [4.78, 5) is 10.4. The first-order valence-electron chi connectivity index (χ1n) is 5.21. The Morgan fingerprint density at radius 3 is 2.35 bits per heavy atom. The van der Waals surface area contributed by atoms with Crippen molar-refractivity contribution < 1.29 is 28.2 Å². The fourth-order valence-corrected chi connectivity index (χ4v) is 1.31. The highest BCUT2D eigenvalue weighted by Crippen LogP contribution is 2.31. The van der Waals surface area contributed by atoms with Crippen molar-refractivity contribution in [2.24, 2.45) is 5.10 Å². The number of nitrogens with zero attached hydrogens (tertiary/aromatic N) is 1. The number of benzene rings is 1. The van der Waals surface area contributed by atoms with E-state index in [1.807, 2.05) is 0 Å². The van der Waals surface area contributed by atoms with E-state index in [1.165, 1.54) is 24.3 Å². The summed E-state index contributed by atoms with van der Waals surface area (Å²) in [6.45, 7) is 0. The number of carboxylic acids is 1. The maximum atomic E-state index is 12.6. The van der Waals surface area contributed by atoms with Crippen molar-refractivity contribution in [3.8, 4) is 0 Å². The monoisotopic (exact) mass is 310 g/mol. The van der Waals surface area contributed by atoms with Gasteiger partial charge in [0.2, 0.25) is 5.60 Å². The maximum Gasteiger partial charge on any atom is 0.423 e. The second-order valence-electron chi connectivity index (χ2n) is 3.87. The molecule has 0 saturated carbocycles. The summed E-state index contributed by atoms with van der Waals surface area (Å²) in [6, 6.07) is 5.85. The van der Waals surface area contributed by atoms with Gasteiger partial charge in [0.05, 0.1) is 18.3 Å². The summed E-state index contributed by atoms with van der Waals surface area (Å²) < 4.78 is 37.8. The van der Waals surface area contributed by atoms with Crippen LogP contribution >= 0.6 is 11.6 Å². The molecule has 0 heterocycles. The van der Waals surface area contributed by atoms with Crippen molar-refractivity contribution in [2.75, 3.05) is 5.43 Å². The van der Waals surface area contributed by atoms with Crippen molar-refractivity contribution in [3.05, 3.63) is 29.3 Å². The van der Waals surface area contributed by atoms with Gasteiger partial charge < -0.3 is 10.2 Å². The molecule has 0 aliphatic heterocycles. The summed E-state index contributed by atoms with van der Waals surface area (Å²) in [6.07, 6.45) is -6.59. The molecule has 110 valence electrons. The van der Waals surface area contributed by atoms with Crippen LogP contribution in [-0.2, 0) is 4.79 Å². The second-order valence-corrected chi connectivity index (χ2v) is 4.31. The predicted molar refractivity (Wildman–Crippen MR) is 66.8 cm³/mol. The fourth-order valence-electron chi connectivity index (χ4n) is 1.19. The Labute approximate surface area is 116 Å². The molecular formula is C11H10ClF3N2O3. The number of halogens is 4. The molecule has 1 aromatic carbocycles. The normalized spacial score (nSPS) is 15.1. The van der Waals surface area contributed by atoms with Gasteiger partial charge in [0, 0.05) is 5.02 Å². The first kappa shape index (κ1) is 16.3.